The number of ether oxygens (including phenoxy) is 1. The van der Waals surface area contributed by atoms with Gasteiger partial charge in [0.25, 0.3) is 0 Å². The molecule has 2 unspecified atom stereocenters. The van der Waals surface area contributed by atoms with E-state index in [9.17, 15) is 14.7 Å². The molecule has 2 atom stereocenters. The zero-order valence-corrected chi connectivity index (χ0v) is 17.3. The fraction of sp³-hybridized carbons (Fsp3) is 0.200. The molecule has 0 radical (unpaired) electrons. The molecule has 0 aliphatic rings. The van der Waals surface area contributed by atoms with Gasteiger partial charge in [0, 0.05) is 11.3 Å². The summed E-state index contributed by atoms with van der Waals surface area (Å²) in [6.07, 6.45) is 0.159. The van der Waals surface area contributed by atoms with E-state index in [0.717, 1.165) is 16.0 Å². The molecule has 3 rings (SSSR count). The number of carboxylic acid groups (broad SMARTS) is 1. The Labute approximate surface area is 180 Å². The van der Waals surface area contributed by atoms with Gasteiger partial charge in [0.15, 0.2) is 5.92 Å². The van der Waals surface area contributed by atoms with Crippen LogP contribution in [-0.4, -0.2) is 22.8 Å². The number of hydrogen-bond acceptors (Lipinski definition) is 4. The SMILES string of the molecule is O=C(O)C(CCSc1ccccc1)C(=O)OC(Cc1ccccc1)c1ccccc1. The van der Waals surface area contributed by atoms with Crippen molar-refractivity contribution in [2.75, 3.05) is 5.75 Å². The summed E-state index contributed by atoms with van der Waals surface area (Å²) in [6, 6.07) is 28.9. The highest BCUT2D eigenvalue weighted by atomic mass is 32.2. The molecule has 3 aromatic rings. The van der Waals surface area contributed by atoms with Gasteiger partial charge >= 0.3 is 11.9 Å². The van der Waals surface area contributed by atoms with Crippen molar-refractivity contribution in [1.29, 1.82) is 0 Å². The third kappa shape index (κ3) is 6.49. The summed E-state index contributed by atoms with van der Waals surface area (Å²) in [4.78, 5) is 25.6. The third-order valence-corrected chi connectivity index (χ3v) is 5.74. The van der Waals surface area contributed by atoms with Crippen LogP contribution in [0.3, 0.4) is 0 Å². The van der Waals surface area contributed by atoms with Gasteiger partial charge in [0.05, 0.1) is 0 Å². The second-order valence-electron chi connectivity index (χ2n) is 6.87. The van der Waals surface area contributed by atoms with E-state index < -0.39 is 24.0 Å². The maximum absolute atomic E-state index is 12.8. The van der Waals surface area contributed by atoms with Gasteiger partial charge in [-0.05, 0) is 35.4 Å². The molecule has 0 bridgehead atoms. The van der Waals surface area contributed by atoms with E-state index in [1.54, 1.807) is 0 Å². The van der Waals surface area contributed by atoms with E-state index in [4.69, 9.17) is 4.74 Å². The molecule has 3 aromatic carbocycles. The molecular weight excluding hydrogens is 396 g/mol. The number of carbonyl (C=O) groups excluding carboxylic acids is 1. The highest BCUT2D eigenvalue weighted by Gasteiger charge is 2.30. The van der Waals surface area contributed by atoms with Crippen molar-refractivity contribution >= 4 is 23.7 Å². The number of hydrogen-bond donors (Lipinski definition) is 1. The fourth-order valence-electron chi connectivity index (χ4n) is 3.10. The lowest BCUT2D eigenvalue weighted by Crippen LogP contribution is -2.28. The first-order valence-electron chi connectivity index (χ1n) is 9.83. The Kier molecular flexibility index (Phi) is 8.10. The first-order valence-corrected chi connectivity index (χ1v) is 10.8. The lowest BCUT2D eigenvalue weighted by Gasteiger charge is -2.21. The zero-order valence-electron chi connectivity index (χ0n) is 16.5. The fourth-order valence-corrected chi connectivity index (χ4v) is 4.04. The number of benzene rings is 3. The van der Waals surface area contributed by atoms with E-state index in [-0.39, 0.29) is 6.42 Å². The van der Waals surface area contributed by atoms with Gasteiger partial charge < -0.3 is 9.84 Å². The van der Waals surface area contributed by atoms with Crippen molar-refractivity contribution in [3.63, 3.8) is 0 Å². The molecule has 0 spiro atoms. The van der Waals surface area contributed by atoms with Crippen molar-refractivity contribution in [2.45, 2.75) is 23.8 Å². The number of thioether (sulfide) groups is 1. The van der Waals surface area contributed by atoms with E-state index in [1.807, 2.05) is 91.0 Å². The standard InChI is InChI=1S/C25H24O4S/c26-24(27)22(16-17-30-21-14-8-3-9-15-21)25(28)29-23(20-12-6-2-7-13-20)18-19-10-4-1-5-11-19/h1-15,22-23H,16-18H2,(H,26,27). The highest BCUT2D eigenvalue weighted by Crippen LogP contribution is 2.26. The van der Waals surface area contributed by atoms with Crippen molar-refractivity contribution < 1.29 is 19.4 Å². The van der Waals surface area contributed by atoms with Gasteiger partial charge in [-0.25, -0.2) is 0 Å². The van der Waals surface area contributed by atoms with Crippen LogP contribution in [0.4, 0.5) is 0 Å². The summed E-state index contributed by atoms with van der Waals surface area (Å²) >= 11 is 1.53. The predicted octanol–water partition coefficient (Wildman–Crippen LogP) is 5.40. The molecule has 1 N–H and O–H groups in total. The second-order valence-corrected chi connectivity index (χ2v) is 8.04. The molecule has 154 valence electrons. The Bertz CT molecular complexity index is 929. The quantitative estimate of drug-likeness (QED) is 0.270. The molecule has 0 amide bonds. The van der Waals surface area contributed by atoms with Crippen LogP contribution in [-0.2, 0) is 20.7 Å². The molecule has 0 saturated carbocycles. The van der Waals surface area contributed by atoms with Crippen molar-refractivity contribution in [2.24, 2.45) is 5.92 Å². The predicted molar refractivity (Wildman–Crippen MR) is 118 cm³/mol. The zero-order chi connectivity index (χ0) is 21.2. The summed E-state index contributed by atoms with van der Waals surface area (Å²) in [5, 5.41) is 9.60. The van der Waals surface area contributed by atoms with Gasteiger partial charge in [-0.1, -0.05) is 78.9 Å². The summed E-state index contributed by atoms with van der Waals surface area (Å²) in [5.41, 5.74) is 1.86. The lowest BCUT2D eigenvalue weighted by molar-refractivity contribution is -0.162. The highest BCUT2D eigenvalue weighted by molar-refractivity contribution is 7.99. The van der Waals surface area contributed by atoms with Gasteiger partial charge in [-0.15, -0.1) is 11.8 Å². The van der Waals surface area contributed by atoms with Crippen molar-refractivity contribution in [3.05, 3.63) is 102 Å². The Hall–Kier alpha value is -3.05. The van der Waals surface area contributed by atoms with E-state index in [1.165, 1.54) is 11.8 Å². The average molecular weight is 421 g/mol. The first-order chi connectivity index (χ1) is 14.6. The monoisotopic (exact) mass is 420 g/mol. The van der Waals surface area contributed by atoms with Crippen LogP contribution >= 0.6 is 11.8 Å². The van der Waals surface area contributed by atoms with Gasteiger partial charge in [0.2, 0.25) is 0 Å². The Morgan fingerprint density at radius 3 is 2.00 bits per heavy atom. The largest absolute Gasteiger partial charge is 0.481 e. The molecule has 0 saturated heterocycles. The average Bonchev–Trinajstić information content (AvgIpc) is 2.78. The molecule has 5 heteroatoms. The minimum atomic E-state index is -1.19. The van der Waals surface area contributed by atoms with Crippen molar-refractivity contribution in [1.82, 2.24) is 0 Å². The molecule has 0 fully saturated rings. The first kappa shape index (κ1) is 21.7. The van der Waals surface area contributed by atoms with Crippen LogP contribution in [0.1, 0.15) is 23.7 Å². The summed E-state index contributed by atoms with van der Waals surface area (Å²) in [5.74, 6) is -2.52. The van der Waals surface area contributed by atoms with Gasteiger partial charge in [0.1, 0.15) is 6.10 Å². The van der Waals surface area contributed by atoms with Crippen LogP contribution < -0.4 is 0 Å². The smallest absolute Gasteiger partial charge is 0.320 e. The minimum Gasteiger partial charge on any atom is -0.481 e. The topological polar surface area (TPSA) is 63.6 Å². The van der Waals surface area contributed by atoms with Crippen molar-refractivity contribution in [3.8, 4) is 0 Å². The Morgan fingerprint density at radius 2 is 1.40 bits per heavy atom. The lowest BCUT2D eigenvalue weighted by atomic mass is 10.0. The number of esters is 1. The Morgan fingerprint density at radius 1 is 0.833 bits per heavy atom. The normalized spacial score (nSPS) is 12.7. The number of carboxylic acids is 1. The minimum absolute atomic E-state index is 0.209. The number of carbonyl (C=O) groups is 2. The molecule has 0 aliphatic heterocycles. The maximum Gasteiger partial charge on any atom is 0.320 e. The summed E-state index contributed by atoms with van der Waals surface area (Å²) < 4.78 is 5.74. The number of rotatable bonds is 10. The molecular formula is C25H24O4S. The second kappa shape index (κ2) is 11.2. The van der Waals surface area contributed by atoms with Crippen LogP contribution in [0.2, 0.25) is 0 Å². The third-order valence-electron chi connectivity index (χ3n) is 4.69. The van der Waals surface area contributed by atoms with E-state index >= 15 is 0 Å². The molecule has 0 heterocycles. The van der Waals surface area contributed by atoms with E-state index in [0.29, 0.717) is 12.2 Å². The van der Waals surface area contributed by atoms with Crippen LogP contribution in [0.15, 0.2) is 95.9 Å². The van der Waals surface area contributed by atoms with Crippen LogP contribution in [0.25, 0.3) is 0 Å². The van der Waals surface area contributed by atoms with Crippen LogP contribution in [0, 0.1) is 5.92 Å². The summed E-state index contributed by atoms with van der Waals surface area (Å²) in [7, 11) is 0. The van der Waals surface area contributed by atoms with Crippen LogP contribution in [0.5, 0.6) is 0 Å². The maximum atomic E-state index is 12.8. The molecule has 0 aromatic heterocycles. The molecule has 30 heavy (non-hydrogen) atoms. The van der Waals surface area contributed by atoms with E-state index in [2.05, 4.69) is 0 Å². The molecule has 0 aliphatic carbocycles. The Balaban J connectivity index is 1.67. The number of aliphatic carboxylic acids is 1. The summed E-state index contributed by atoms with van der Waals surface area (Å²) in [6.45, 7) is 0. The molecule has 4 nitrogen and oxygen atoms in total. The van der Waals surface area contributed by atoms with Gasteiger partial charge in [-0.2, -0.15) is 0 Å². The van der Waals surface area contributed by atoms with Gasteiger partial charge in [-0.3, -0.25) is 9.59 Å².